The summed E-state index contributed by atoms with van der Waals surface area (Å²) in [4.78, 5) is 14.0. The Kier molecular flexibility index (Phi) is 3.18. The Morgan fingerprint density at radius 3 is 3.00 bits per heavy atom. The molecule has 19 heavy (non-hydrogen) atoms. The molecule has 0 bridgehead atoms. The van der Waals surface area contributed by atoms with Crippen LogP contribution in [0.3, 0.4) is 0 Å². The van der Waals surface area contributed by atoms with E-state index >= 15 is 0 Å². The van der Waals surface area contributed by atoms with Crippen LogP contribution in [0, 0.1) is 6.92 Å². The van der Waals surface area contributed by atoms with Crippen molar-refractivity contribution in [2.75, 3.05) is 13.1 Å². The molecule has 6 heteroatoms. The first-order chi connectivity index (χ1) is 9.13. The fourth-order valence-corrected chi connectivity index (χ4v) is 2.67. The molecular weight excluding hydrogens is 310 g/mol. The summed E-state index contributed by atoms with van der Waals surface area (Å²) in [6.45, 7) is 3.43. The van der Waals surface area contributed by atoms with Crippen LogP contribution in [-0.2, 0) is 0 Å². The largest absolute Gasteiger partial charge is 0.444 e. The van der Waals surface area contributed by atoms with Crippen molar-refractivity contribution in [2.24, 2.45) is 0 Å². The van der Waals surface area contributed by atoms with Gasteiger partial charge in [-0.15, -0.1) is 0 Å². The maximum Gasteiger partial charge on any atom is 0.289 e. The van der Waals surface area contributed by atoms with Crippen LogP contribution in [-0.4, -0.2) is 33.7 Å². The number of likely N-dealkylation sites (tertiary alicyclic amines) is 1. The predicted octanol–water partition coefficient (Wildman–Crippen LogP) is 2.63. The van der Waals surface area contributed by atoms with Crippen LogP contribution >= 0.6 is 15.9 Å². The Labute approximate surface area is 119 Å². The van der Waals surface area contributed by atoms with Gasteiger partial charge in [-0.2, -0.15) is 5.10 Å². The van der Waals surface area contributed by atoms with Crippen LogP contribution < -0.4 is 0 Å². The second-order valence-corrected chi connectivity index (χ2v) is 5.58. The Morgan fingerprint density at radius 1 is 1.53 bits per heavy atom. The molecule has 0 saturated carbocycles. The molecule has 2 aromatic heterocycles. The molecule has 1 unspecified atom stereocenters. The van der Waals surface area contributed by atoms with Gasteiger partial charge in [0.2, 0.25) is 0 Å². The van der Waals surface area contributed by atoms with E-state index in [1.807, 2.05) is 28.9 Å². The molecule has 3 rings (SSSR count). The summed E-state index contributed by atoms with van der Waals surface area (Å²) in [5.41, 5.74) is 1.14. The van der Waals surface area contributed by atoms with E-state index in [2.05, 4.69) is 21.0 Å². The number of amides is 1. The first kappa shape index (κ1) is 12.5. The molecule has 1 amide bonds. The average Bonchev–Trinajstić information content (AvgIpc) is 3.07. The van der Waals surface area contributed by atoms with E-state index in [9.17, 15) is 4.79 Å². The molecule has 1 aliphatic rings. The van der Waals surface area contributed by atoms with E-state index in [0.717, 1.165) is 18.5 Å². The standard InChI is InChI=1S/C13H14BrN3O2/c1-9-6-15-17(7-9)10-4-5-16(8-10)13(18)11-2-3-12(14)19-11/h2-3,6-7,10H,4-5,8H2,1H3. The van der Waals surface area contributed by atoms with E-state index in [4.69, 9.17) is 4.42 Å². The number of halogens is 1. The Balaban J connectivity index is 1.70. The summed E-state index contributed by atoms with van der Waals surface area (Å²) in [6, 6.07) is 3.69. The van der Waals surface area contributed by atoms with Crippen molar-refractivity contribution < 1.29 is 9.21 Å². The van der Waals surface area contributed by atoms with Gasteiger partial charge >= 0.3 is 0 Å². The zero-order valence-corrected chi connectivity index (χ0v) is 12.1. The molecule has 0 aliphatic carbocycles. The number of nitrogens with zero attached hydrogens (tertiary/aromatic N) is 3. The molecule has 3 heterocycles. The molecule has 5 nitrogen and oxygen atoms in total. The normalized spacial score (nSPS) is 19.1. The maximum absolute atomic E-state index is 12.2. The zero-order chi connectivity index (χ0) is 13.4. The zero-order valence-electron chi connectivity index (χ0n) is 10.5. The van der Waals surface area contributed by atoms with E-state index < -0.39 is 0 Å². The van der Waals surface area contributed by atoms with Gasteiger partial charge in [-0.05, 0) is 47.0 Å². The predicted molar refractivity (Wildman–Crippen MR) is 72.9 cm³/mol. The van der Waals surface area contributed by atoms with Crippen molar-refractivity contribution in [1.82, 2.24) is 14.7 Å². The second-order valence-electron chi connectivity index (χ2n) is 4.80. The van der Waals surface area contributed by atoms with Gasteiger partial charge in [-0.1, -0.05) is 0 Å². The Bertz CT molecular complexity index is 605. The Morgan fingerprint density at radius 2 is 2.37 bits per heavy atom. The first-order valence-corrected chi connectivity index (χ1v) is 6.98. The number of hydrogen-bond acceptors (Lipinski definition) is 3. The summed E-state index contributed by atoms with van der Waals surface area (Å²) < 4.78 is 7.83. The van der Waals surface area contributed by atoms with Crippen molar-refractivity contribution >= 4 is 21.8 Å². The topological polar surface area (TPSA) is 51.3 Å². The van der Waals surface area contributed by atoms with Gasteiger partial charge < -0.3 is 9.32 Å². The minimum atomic E-state index is -0.0583. The minimum Gasteiger partial charge on any atom is -0.444 e. The van der Waals surface area contributed by atoms with Crippen molar-refractivity contribution in [3.05, 3.63) is 40.5 Å². The van der Waals surface area contributed by atoms with Gasteiger partial charge in [0.1, 0.15) is 0 Å². The third-order valence-corrected chi connectivity index (χ3v) is 3.77. The fourth-order valence-electron chi connectivity index (χ4n) is 2.36. The monoisotopic (exact) mass is 323 g/mol. The molecule has 1 aliphatic heterocycles. The minimum absolute atomic E-state index is 0.0583. The lowest BCUT2D eigenvalue weighted by atomic mass is 10.3. The molecule has 1 saturated heterocycles. The second kappa shape index (κ2) is 4.85. The van der Waals surface area contributed by atoms with Crippen molar-refractivity contribution in [2.45, 2.75) is 19.4 Å². The van der Waals surface area contributed by atoms with Gasteiger partial charge in [0.05, 0.1) is 12.2 Å². The van der Waals surface area contributed by atoms with E-state index in [1.54, 1.807) is 12.1 Å². The number of carbonyl (C=O) groups is 1. The van der Waals surface area contributed by atoms with Crippen LogP contribution in [0.25, 0.3) is 0 Å². The van der Waals surface area contributed by atoms with Crippen molar-refractivity contribution in [3.8, 4) is 0 Å². The van der Waals surface area contributed by atoms with Gasteiger partial charge in [-0.3, -0.25) is 9.48 Å². The highest BCUT2D eigenvalue weighted by molar-refractivity contribution is 9.10. The number of furan rings is 1. The molecule has 0 N–H and O–H groups in total. The molecule has 2 aromatic rings. The quantitative estimate of drug-likeness (QED) is 0.853. The van der Waals surface area contributed by atoms with Gasteiger partial charge in [0.15, 0.2) is 10.4 Å². The SMILES string of the molecule is Cc1cnn(C2CCN(C(=O)c3ccc(Br)o3)C2)c1. The lowest BCUT2D eigenvalue weighted by Gasteiger charge is -2.15. The fraction of sp³-hybridized carbons (Fsp3) is 0.385. The van der Waals surface area contributed by atoms with E-state index in [1.165, 1.54) is 0 Å². The summed E-state index contributed by atoms with van der Waals surface area (Å²) >= 11 is 3.21. The lowest BCUT2D eigenvalue weighted by molar-refractivity contribution is 0.0754. The molecule has 0 spiro atoms. The smallest absolute Gasteiger partial charge is 0.289 e. The highest BCUT2D eigenvalue weighted by atomic mass is 79.9. The molecule has 0 radical (unpaired) electrons. The van der Waals surface area contributed by atoms with Crippen LogP contribution in [0.15, 0.2) is 33.6 Å². The number of aryl methyl sites for hydroxylation is 1. The van der Waals surface area contributed by atoms with Crippen LogP contribution in [0.4, 0.5) is 0 Å². The number of rotatable bonds is 2. The summed E-state index contributed by atoms with van der Waals surface area (Å²) in [5, 5.41) is 4.32. The third kappa shape index (κ3) is 2.45. The van der Waals surface area contributed by atoms with Crippen LogP contribution in [0.1, 0.15) is 28.6 Å². The lowest BCUT2D eigenvalue weighted by Crippen LogP contribution is -2.28. The average molecular weight is 324 g/mol. The first-order valence-electron chi connectivity index (χ1n) is 6.19. The van der Waals surface area contributed by atoms with Crippen molar-refractivity contribution in [1.29, 1.82) is 0 Å². The van der Waals surface area contributed by atoms with E-state index in [0.29, 0.717) is 17.0 Å². The molecule has 1 atom stereocenters. The van der Waals surface area contributed by atoms with Crippen LogP contribution in [0.2, 0.25) is 0 Å². The summed E-state index contributed by atoms with van der Waals surface area (Å²) in [5.74, 6) is 0.321. The highest BCUT2D eigenvalue weighted by Crippen LogP contribution is 2.24. The number of carbonyl (C=O) groups excluding carboxylic acids is 1. The number of hydrogen-bond donors (Lipinski definition) is 0. The van der Waals surface area contributed by atoms with Gasteiger partial charge in [-0.25, -0.2) is 0 Å². The molecule has 0 aromatic carbocycles. The summed E-state index contributed by atoms with van der Waals surface area (Å²) in [6.07, 6.45) is 4.78. The molecular formula is C13H14BrN3O2. The van der Waals surface area contributed by atoms with Gasteiger partial charge in [0, 0.05) is 19.3 Å². The van der Waals surface area contributed by atoms with Gasteiger partial charge in [0.25, 0.3) is 5.91 Å². The van der Waals surface area contributed by atoms with Crippen LogP contribution in [0.5, 0.6) is 0 Å². The number of aromatic nitrogens is 2. The van der Waals surface area contributed by atoms with Crippen molar-refractivity contribution in [3.63, 3.8) is 0 Å². The molecule has 1 fully saturated rings. The maximum atomic E-state index is 12.2. The Hall–Kier alpha value is -1.56. The highest BCUT2D eigenvalue weighted by Gasteiger charge is 2.29. The third-order valence-electron chi connectivity index (χ3n) is 3.34. The molecule has 100 valence electrons. The summed E-state index contributed by atoms with van der Waals surface area (Å²) in [7, 11) is 0. The van der Waals surface area contributed by atoms with E-state index in [-0.39, 0.29) is 11.9 Å².